The van der Waals surface area contributed by atoms with Crippen LogP contribution in [0.1, 0.15) is 31.7 Å². The Bertz CT molecular complexity index is 1520. The number of nitrogens with zero attached hydrogens (tertiary/aromatic N) is 4. The van der Waals surface area contributed by atoms with E-state index in [-0.39, 0.29) is 12.1 Å². The van der Waals surface area contributed by atoms with Gasteiger partial charge in [0.15, 0.2) is 11.6 Å². The van der Waals surface area contributed by atoms with Gasteiger partial charge in [0.2, 0.25) is 0 Å². The maximum atomic E-state index is 13.8. The third-order valence-electron chi connectivity index (χ3n) is 6.86. The zero-order valence-corrected chi connectivity index (χ0v) is 19.0. The minimum absolute atomic E-state index is 0.131. The Hall–Kier alpha value is -3.91. The molecule has 1 aliphatic rings. The molecular weight excluding hydrogens is 446 g/mol. The Morgan fingerprint density at radius 3 is 2.54 bits per heavy atom. The average Bonchev–Trinajstić information content (AvgIpc) is 3.56. The minimum atomic E-state index is -0.898. The summed E-state index contributed by atoms with van der Waals surface area (Å²) in [4.78, 5) is 12.1. The number of pyridine rings is 1. The van der Waals surface area contributed by atoms with Crippen molar-refractivity contribution in [3.8, 4) is 33.6 Å². The molecule has 6 nitrogen and oxygen atoms in total. The first kappa shape index (κ1) is 21.6. The van der Waals surface area contributed by atoms with Crippen LogP contribution < -0.4 is 5.73 Å². The molecule has 3 N–H and O–H groups in total. The van der Waals surface area contributed by atoms with Gasteiger partial charge in [-0.3, -0.25) is 9.67 Å². The van der Waals surface area contributed by atoms with E-state index >= 15 is 0 Å². The van der Waals surface area contributed by atoms with E-state index in [0.717, 1.165) is 46.5 Å². The highest BCUT2D eigenvalue weighted by Crippen LogP contribution is 2.33. The molecule has 1 aliphatic carbocycles. The lowest BCUT2D eigenvalue weighted by atomic mass is 9.91. The van der Waals surface area contributed by atoms with Gasteiger partial charge in [0.1, 0.15) is 0 Å². The van der Waals surface area contributed by atoms with Gasteiger partial charge >= 0.3 is 0 Å². The van der Waals surface area contributed by atoms with Crippen LogP contribution in [0.4, 0.5) is 8.78 Å². The van der Waals surface area contributed by atoms with Crippen LogP contribution in [0, 0.1) is 11.6 Å². The Morgan fingerprint density at radius 1 is 0.857 bits per heavy atom. The van der Waals surface area contributed by atoms with Crippen molar-refractivity contribution in [2.75, 3.05) is 0 Å². The standard InChI is InChI=1S/C27H24F2N6/c28-21-7-5-17(11-22(21)29)27-26(32-15-33-27)16-6-8-24-18(9-16)10-19(12-31-24)20-13-34-35(14-20)25-4-2-1-3-23(25)30/h5-15,23,25H,1-4,30H2,(H,32,33)/t23-,25-/m1/s1. The number of aromatic nitrogens is 5. The fourth-order valence-corrected chi connectivity index (χ4v) is 4.96. The van der Waals surface area contributed by atoms with Crippen LogP contribution in [-0.4, -0.2) is 30.8 Å². The monoisotopic (exact) mass is 470 g/mol. The van der Waals surface area contributed by atoms with Gasteiger partial charge in [-0.15, -0.1) is 0 Å². The Balaban J connectivity index is 1.35. The van der Waals surface area contributed by atoms with Crippen molar-refractivity contribution in [2.24, 2.45) is 5.73 Å². The lowest BCUT2D eigenvalue weighted by Crippen LogP contribution is -2.35. The molecule has 6 rings (SSSR count). The average molecular weight is 471 g/mol. The Kier molecular flexibility index (Phi) is 5.37. The highest BCUT2D eigenvalue weighted by atomic mass is 19.2. The molecule has 2 aromatic carbocycles. The normalized spacial score (nSPS) is 18.3. The topological polar surface area (TPSA) is 85.4 Å². The van der Waals surface area contributed by atoms with Crippen LogP contribution >= 0.6 is 0 Å². The second kappa shape index (κ2) is 8.70. The van der Waals surface area contributed by atoms with E-state index in [1.165, 1.54) is 25.0 Å². The summed E-state index contributed by atoms with van der Waals surface area (Å²) in [5, 5.41) is 5.55. The zero-order valence-electron chi connectivity index (χ0n) is 19.0. The third kappa shape index (κ3) is 4.00. The summed E-state index contributed by atoms with van der Waals surface area (Å²) in [5.74, 6) is -1.78. The molecule has 1 fully saturated rings. The van der Waals surface area contributed by atoms with E-state index in [4.69, 9.17) is 5.73 Å². The number of halogens is 2. The molecule has 3 aromatic heterocycles. The van der Waals surface area contributed by atoms with Crippen LogP contribution in [0.3, 0.4) is 0 Å². The number of benzene rings is 2. The van der Waals surface area contributed by atoms with E-state index in [2.05, 4.69) is 32.3 Å². The van der Waals surface area contributed by atoms with E-state index < -0.39 is 11.6 Å². The van der Waals surface area contributed by atoms with Gasteiger partial charge in [0.25, 0.3) is 0 Å². The second-order valence-corrected chi connectivity index (χ2v) is 9.11. The van der Waals surface area contributed by atoms with Crippen molar-refractivity contribution in [2.45, 2.75) is 37.8 Å². The molecule has 1 saturated carbocycles. The smallest absolute Gasteiger partial charge is 0.159 e. The summed E-state index contributed by atoms with van der Waals surface area (Å²) in [6, 6.07) is 12.1. The predicted octanol–water partition coefficient (Wildman–Crippen LogP) is 5.88. The summed E-state index contributed by atoms with van der Waals surface area (Å²) in [7, 11) is 0. The second-order valence-electron chi connectivity index (χ2n) is 9.11. The maximum absolute atomic E-state index is 13.8. The van der Waals surface area contributed by atoms with Crippen molar-refractivity contribution in [3.63, 3.8) is 0 Å². The van der Waals surface area contributed by atoms with Gasteiger partial charge in [0.05, 0.1) is 35.5 Å². The van der Waals surface area contributed by atoms with Gasteiger partial charge in [-0.2, -0.15) is 5.10 Å². The van der Waals surface area contributed by atoms with Crippen LogP contribution in [0.25, 0.3) is 44.5 Å². The van der Waals surface area contributed by atoms with Crippen molar-refractivity contribution in [1.29, 1.82) is 0 Å². The highest BCUT2D eigenvalue weighted by molar-refractivity contribution is 5.89. The van der Waals surface area contributed by atoms with Gasteiger partial charge in [0, 0.05) is 46.1 Å². The molecule has 0 spiro atoms. The van der Waals surface area contributed by atoms with Crippen LogP contribution in [-0.2, 0) is 0 Å². The van der Waals surface area contributed by atoms with E-state index in [0.29, 0.717) is 17.0 Å². The van der Waals surface area contributed by atoms with Crippen molar-refractivity contribution < 1.29 is 8.78 Å². The highest BCUT2D eigenvalue weighted by Gasteiger charge is 2.24. The molecule has 5 aromatic rings. The largest absolute Gasteiger partial charge is 0.344 e. The van der Waals surface area contributed by atoms with E-state index in [9.17, 15) is 8.78 Å². The number of hydrogen-bond acceptors (Lipinski definition) is 4. The van der Waals surface area contributed by atoms with Crippen LogP contribution in [0.2, 0.25) is 0 Å². The van der Waals surface area contributed by atoms with Gasteiger partial charge in [-0.25, -0.2) is 13.8 Å². The number of aromatic amines is 1. The number of H-pyrrole nitrogens is 1. The first-order valence-corrected chi connectivity index (χ1v) is 11.8. The fraction of sp³-hybridized carbons (Fsp3) is 0.222. The molecule has 0 radical (unpaired) electrons. The lowest BCUT2D eigenvalue weighted by Gasteiger charge is -2.28. The molecule has 0 saturated heterocycles. The molecular formula is C27H24F2N6. The molecule has 0 amide bonds. The first-order valence-electron chi connectivity index (χ1n) is 11.8. The van der Waals surface area contributed by atoms with E-state index in [1.54, 1.807) is 6.33 Å². The first-order chi connectivity index (χ1) is 17.1. The number of imidazole rings is 1. The maximum Gasteiger partial charge on any atom is 0.159 e. The quantitative estimate of drug-likeness (QED) is 0.344. The summed E-state index contributed by atoms with van der Waals surface area (Å²) in [6.45, 7) is 0. The molecule has 0 unspecified atom stereocenters. The van der Waals surface area contributed by atoms with Gasteiger partial charge in [-0.1, -0.05) is 18.9 Å². The molecule has 0 bridgehead atoms. The summed E-state index contributed by atoms with van der Waals surface area (Å²) < 4.78 is 29.2. The molecule has 176 valence electrons. The molecule has 8 heteroatoms. The summed E-state index contributed by atoms with van der Waals surface area (Å²) in [6.07, 6.45) is 11.7. The fourth-order valence-electron chi connectivity index (χ4n) is 4.96. The summed E-state index contributed by atoms with van der Waals surface area (Å²) in [5.41, 5.74) is 11.8. The minimum Gasteiger partial charge on any atom is -0.344 e. The van der Waals surface area contributed by atoms with Crippen molar-refractivity contribution in [3.05, 3.63) is 79.0 Å². The third-order valence-corrected chi connectivity index (χ3v) is 6.86. The van der Waals surface area contributed by atoms with Gasteiger partial charge < -0.3 is 10.7 Å². The number of nitrogens with two attached hydrogens (primary N) is 1. The molecule has 35 heavy (non-hydrogen) atoms. The van der Waals surface area contributed by atoms with Crippen molar-refractivity contribution >= 4 is 10.9 Å². The van der Waals surface area contributed by atoms with Gasteiger partial charge in [-0.05, 0) is 49.2 Å². The number of hydrogen-bond donors (Lipinski definition) is 2. The number of rotatable bonds is 4. The van der Waals surface area contributed by atoms with Crippen molar-refractivity contribution in [1.82, 2.24) is 24.7 Å². The van der Waals surface area contributed by atoms with Crippen LogP contribution in [0.15, 0.2) is 67.4 Å². The van der Waals surface area contributed by atoms with E-state index in [1.807, 2.05) is 35.3 Å². The number of nitrogens with one attached hydrogen (secondary N) is 1. The molecule has 0 aliphatic heterocycles. The summed E-state index contributed by atoms with van der Waals surface area (Å²) >= 11 is 0. The lowest BCUT2D eigenvalue weighted by molar-refractivity contribution is 0.286. The molecule has 3 heterocycles. The zero-order chi connectivity index (χ0) is 23.9. The van der Waals surface area contributed by atoms with Crippen LogP contribution in [0.5, 0.6) is 0 Å². The Morgan fingerprint density at radius 2 is 1.69 bits per heavy atom. The number of fused-ring (bicyclic) bond motifs is 1. The molecule has 2 atom stereocenters. The SMILES string of the molecule is N[C@@H]1CCCC[C@H]1n1cc(-c2cnc3ccc(-c4nc[nH]c4-c4ccc(F)c(F)c4)cc3c2)cn1. The Labute approximate surface area is 200 Å². The predicted molar refractivity (Wildman–Crippen MR) is 131 cm³/mol.